The van der Waals surface area contributed by atoms with Gasteiger partial charge in [-0.15, -0.1) is 11.3 Å². The Bertz CT molecular complexity index is 962. The number of benzene rings is 1. The SMILES string of the molecule is CCn1c(SCCOc2ccc(OC)cc2)nc2sc(C)c(C)c2c1=O. The monoisotopic (exact) mass is 390 g/mol. The van der Waals surface area contributed by atoms with Gasteiger partial charge in [0.1, 0.15) is 16.3 Å². The van der Waals surface area contributed by atoms with E-state index in [9.17, 15) is 4.79 Å². The molecule has 0 aliphatic carbocycles. The summed E-state index contributed by atoms with van der Waals surface area (Å²) in [5.41, 5.74) is 1.10. The molecule has 0 aliphatic heterocycles. The Morgan fingerprint density at radius 2 is 1.88 bits per heavy atom. The van der Waals surface area contributed by atoms with Crippen molar-refractivity contribution in [2.45, 2.75) is 32.5 Å². The quantitative estimate of drug-likeness (QED) is 0.342. The number of fused-ring (bicyclic) bond motifs is 1. The Labute approximate surface area is 161 Å². The van der Waals surface area contributed by atoms with Crippen molar-refractivity contribution in [3.05, 3.63) is 45.1 Å². The number of nitrogens with zero attached hydrogens (tertiary/aromatic N) is 2. The molecule has 138 valence electrons. The van der Waals surface area contributed by atoms with Crippen LogP contribution in [-0.4, -0.2) is 29.0 Å². The lowest BCUT2D eigenvalue weighted by atomic mass is 10.2. The van der Waals surface area contributed by atoms with Gasteiger partial charge < -0.3 is 9.47 Å². The lowest BCUT2D eigenvalue weighted by Gasteiger charge is -2.11. The van der Waals surface area contributed by atoms with Gasteiger partial charge in [-0.25, -0.2) is 4.98 Å². The molecule has 1 aromatic carbocycles. The van der Waals surface area contributed by atoms with Gasteiger partial charge in [-0.2, -0.15) is 0 Å². The molecule has 0 atom stereocenters. The summed E-state index contributed by atoms with van der Waals surface area (Å²) in [6.07, 6.45) is 0. The zero-order chi connectivity index (χ0) is 18.7. The molecule has 0 unspecified atom stereocenters. The average molecular weight is 391 g/mol. The molecule has 0 amide bonds. The minimum absolute atomic E-state index is 0.0536. The Kier molecular flexibility index (Phi) is 5.88. The van der Waals surface area contributed by atoms with E-state index >= 15 is 0 Å². The molecule has 3 rings (SSSR count). The standard InChI is InChI=1S/C19H22N2O3S2/c1-5-21-18(22)16-12(2)13(3)26-17(16)20-19(21)25-11-10-24-15-8-6-14(23-4)7-9-15/h6-9H,5,10-11H2,1-4H3. The largest absolute Gasteiger partial charge is 0.497 e. The summed E-state index contributed by atoms with van der Waals surface area (Å²) in [6, 6.07) is 7.50. The van der Waals surface area contributed by atoms with Crippen molar-refractivity contribution in [3.63, 3.8) is 0 Å². The van der Waals surface area contributed by atoms with Crippen LogP contribution in [0.4, 0.5) is 0 Å². The molecule has 0 radical (unpaired) electrons. The summed E-state index contributed by atoms with van der Waals surface area (Å²) < 4.78 is 12.6. The first-order valence-electron chi connectivity index (χ1n) is 8.45. The van der Waals surface area contributed by atoms with Crippen LogP contribution < -0.4 is 15.0 Å². The van der Waals surface area contributed by atoms with Gasteiger partial charge in [0.2, 0.25) is 0 Å². The Morgan fingerprint density at radius 1 is 1.19 bits per heavy atom. The molecule has 0 saturated carbocycles. The molecule has 0 fully saturated rings. The van der Waals surface area contributed by atoms with Crippen molar-refractivity contribution in [1.82, 2.24) is 9.55 Å². The number of hydrogen-bond acceptors (Lipinski definition) is 6. The summed E-state index contributed by atoms with van der Waals surface area (Å²) in [7, 11) is 1.64. The van der Waals surface area contributed by atoms with Crippen LogP contribution in [0.5, 0.6) is 11.5 Å². The van der Waals surface area contributed by atoms with E-state index in [0.29, 0.717) is 18.9 Å². The van der Waals surface area contributed by atoms with Crippen molar-refractivity contribution in [3.8, 4) is 11.5 Å². The Morgan fingerprint density at radius 3 is 2.54 bits per heavy atom. The topological polar surface area (TPSA) is 53.4 Å². The van der Waals surface area contributed by atoms with Crippen LogP contribution in [0.25, 0.3) is 10.2 Å². The van der Waals surface area contributed by atoms with E-state index in [0.717, 1.165) is 37.3 Å². The molecule has 2 aromatic heterocycles. The maximum absolute atomic E-state index is 12.8. The molecule has 26 heavy (non-hydrogen) atoms. The number of ether oxygens (including phenoxy) is 2. The van der Waals surface area contributed by atoms with Gasteiger partial charge in [0.15, 0.2) is 5.16 Å². The highest BCUT2D eigenvalue weighted by atomic mass is 32.2. The number of aromatic nitrogens is 2. The van der Waals surface area contributed by atoms with E-state index in [4.69, 9.17) is 14.5 Å². The van der Waals surface area contributed by atoms with Gasteiger partial charge in [-0.3, -0.25) is 9.36 Å². The van der Waals surface area contributed by atoms with Gasteiger partial charge in [-0.05, 0) is 50.6 Å². The fourth-order valence-electron chi connectivity index (χ4n) is 2.66. The number of methoxy groups -OCH3 is 1. The second-order valence-corrected chi connectivity index (χ2v) is 8.04. The highest BCUT2D eigenvalue weighted by molar-refractivity contribution is 7.99. The van der Waals surface area contributed by atoms with Crippen molar-refractivity contribution < 1.29 is 9.47 Å². The van der Waals surface area contributed by atoms with Crippen LogP contribution in [0.15, 0.2) is 34.2 Å². The summed E-state index contributed by atoms with van der Waals surface area (Å²) in [4.78, 5) is 19.5. The minimum Gasteiger partial charge on any atom is -0.497 e. The minimum atomic E-state index is 0.0536. The number of aryl methyl sites for hydroxylation is 2. The molecular weight excluding hydrogens is 368 g/mol. The summed E-state index contributed by atoms with van der Waals surface area (Å²) >= 11 is 3.14. The second kappa shape index (κ2) is 8.14. The van der Waals surface area contributed by atoms with Gasteiger partial charge in [0.25, 0.3) is 5.56 Å². The molecule has 3 aromatic rings. The Balaban J connectivity index is 1.71. The van der Waals surface area contributed by atoms with Crippen LogP contribution in [0.2, 0.25) is 0 Å². The van der Waals surface area contributed by atoms with Crippen molar-refractivity contribution in [2.75, 3.05) is 19.5 Å². The van der Waals surface area contributed by atoms with Gasteiger partial charge >= 0.3 is 0 Å². The van der Waals surface area contributed by atoms with Gasteiger partial charge in [-0.1, -0.05) is 11.8 Å². The van der Waals surface area contributed by atoms with E-state index in [1.165, 1.54) is 0 Å². The molecule has 0 saturated heterocycles. The number of thioether (sulfide) groups is 1. The first kappa shape index (κ1) is 18.8. The first-order valence-corrected chi connectivity index (χ1v) is 10.3. The third-order valence-corrected chi connectivity index (χ3v) is 6.25. The van der Waals surface area contributed by atoms with E-state index < -0.39 is 0 Å². The van der Waals surface area contributed by atoms with E-state index in [2.05, 4.69) is 0 Å². The lowest BCUT2D eigenvalue weighted by molar-refractivity contribution is 0.342. The molecule has 0 aliphatic rings. The van der Waals surface area contributed by atoms with E-state index in [1.807, 2.05) is 45.0 Å². The maximum atomic E-state index is 12.8. The molecular formula is C19H22N2O3S2. The third-order valence-electron chi connectivity index (χ3n) is 4.21. The normalized spacial score (nSPS) is 11.1. The number of thiophene rings is 1. The first-order chi connectivity index (χ1) is 12.5. The summed E-state index contributed by atoms with van der Waals surface area (Å²) in [5.74, 6) is 2.32. The molecule has 5 nitrogen and oxygen atoms in total. The zero-order valence-electron chi connectivity index (χ0n) is 15.4. The van der Waals surface area contributed by atoms with Crippen LogP contribution in [0, 0.1) is 13.8 Å². The highest BCUT2D eigenvalue weighted by Gasteiger charge is 2.15. The fourth-order valence-corrected chi connectivity index (χ4v) is 4.61. The van der Waals surface area contributed by atoms with Crippen molar-refractivity contribution in [2.24, 2.45) is 0 Å². The number of rotatable bonds is 7. The number of hydrogen-bond donors (Lipinski definition) is 0. The van der Waals surface area contributed by atoms with Crippen molar-refractivity contribution in [1.29, 1.82) is 0 Å². The van der Waals surface area contributed by atoms with Crippen LogP contribution in [-0.2, 0) is 6.54 Å². The smallest absolute Gasteiger partial charge is 0.263 e. The average Bonchev–Trinajstić information content (AvgIpc) is 2.93. The van der Waals surface area contributed by atoms with Gasteiger partial charge in [0.05, 0.1) is 19.1 Å². The highest BCUT2D eigenvalue weighted by Crippen LogP contribution is 2.28. The molecule has 0 spiro atoms. The third kappa shape index (κ3) is 3.73. The predicted molar refractivity (Wildman–Crippen MR) is 108 cm³/mol. The summed E-state index contributed by atoms with van der Waals surface area (Å²) in [6.45, 7) is 7.15. The maximum Gasteiger partial charge on any atom is 0.263 e. The summed E-state index contributed by atoms with van der Waals surface area (Å²) in [5, 5.41) is 1.51. The van der Waals surface area contributed by atoms with Crippen LogP contribution >= 0.6 is 23.1 Å². The lowest BCUT2D eigenvalue weighted by Crippen LogP contribution is -2.22. The zero-order valence-corrected chi connectivity index (χ0v) is 17.0. The second-order valence-electron chi connectivity index (χ2n) is 5.78. The van der Waals surface area contributed by atoms with Gasteiger partial charge in [0, 0.05) is 17.2 Å². The van der Waals surface area contributed by atoms with Crippen molar-refractivity contribution >= 4 is 33.3 Å². The molecule has 0 bridgehead atoms. The predicted octanol–water partition coefficient (Wildman–Crippen LogP) is 4.27. The fraction of sp³-hybridized carbons (Fsp3) is 0.368. The molecule has 0 N–H and O–H groups in total. The Hall–Kier alpha value is -1.99. The van der Waals surface area contributed by atoms with E-state index in [-0.39, 0.29) is 5.56 Å². The van der Waals surface area contributed by atoms with Crippen LogP contribution in [0.1, 0.15) is 17.4 Å². The molecule has 2 heterocycles. The molecule has 7 heteroatoms. The van der Waals surface area contributed by atoms with E-state index in [1.54, 1.807) is 34.8 Å². The van der Waals surface area contributed by atoms with Crippen LogP contribution in [0.3, 0.4) is 0 Å².